The van der Waals surface area contributed by atoms with Gasteiger partial charge < -0.3 is 9.84 Å². The van der Waals surface area contributed by atoms with E-state index in [0.29, 0.717) is 25.7 Å². The van der Waals surface area contributed by atoms with Gasteiger partial charge in [-0.2, -0.15) is 0 Å². The van der Waals surface area contributed by atoms with Crippen molar-refractivity contribution in [3.8, 4) is 0 Å². The Balaban J connectivity index is 2.18. The van der Waals surface area contributed by atoms with E-state index >= 15 is 0 Å². The highest BCUT2D eigenvalue weighted by Crippen LogP contribution is 2.19. The number of hydrogen-bond donors (Lipinski definition) is 1. The fourth-order valence-corrected chi connectivity index (χ4v) is 3.02. The molecule has 0 aliphatic carbocycles. The monoisotopic (exact) mass is 383 g/mol. The number of esters is 1. The molecule has 0 aliphatic heterocycles. The Kier molecular flexibility index (Phi) is 7.32. The van der Waals surface area contributed by atoms with Gasteiger partial charge in [-0.3, -0.25) is 14.6 Å². The van der Waals surface area contributed by atoms with E-state index in [0.717, 1.165) is 22.3 Å². The normalized spacial score (nSPS) is 12.4. The van der Waals surface area contributed by atoms with Crippen LogP contribution in [0.3, 0.4) is 0 Å². The highest BCUT2D eigenvalue weighted by atomic mass is 16.6. The van der Waals surface area contributed by atoms with Crippen LogP contribution >= 0.6 is 0 Å². The quantitative estimate of drug-likeness (QED) is 0.691. The number of aromatic nitrogens is 1. The predicted molar refractivity (Wildman–Crippen MR) is 108 cm³/mol. The largest absolute Gasteiger partial charge is 0.481 e. The lowest BCUT2D eigenvalue weighted by atomic mass is 9.94. The van der Waals surface area contributed by atoms with Gasteiger partial charge in [-0.15, -0.1) is 0 Å². The van der Waals surface area contributed by atoms with Crippen molar-refractivity contribution in [3.63, 3.8) is 0 Å². The van der Waals surface area contributed by atoms with E-state index in [4.69, 9.17) is 4.74 Å². The van der Waals surface area contributed by atoms with Gasteiger partial charge in [-0.05, 0) is 68.4 Å². The van der Waals surface area contributed by atoms with Crippen molar-refractivity contribution >= 4 is 11.9 Å². The highest BCUT2D eigenvalue weighted by molar-refractivity contribution is 5.70. The van der Waals surface area contributed by atoms with Crippen molar-refractivity contribution in [3.05, 3.63) is 65.0 Å². The van der Waals surface area contributed by atoms with Gasteiger partial charge in [0.25, 0.3) is 0 Å². The summed E-state index contributed by atoms with van der Waals surface area (Å²) in [7, 11) is 0. The second-order valence-corrected chi connectivity index (χ2v) is 8.23. The molecule has 0 spiro atoms. The second-order valence-electron chi connectivity index (χ2n) is 8.23. The minimum Gasteiger partial charge on any atom is -0.481 e. The van der Waals surface area contributed by atoms with Gasteiger partial charge in [0.1, 0.15) is 5.60 Å². The van der Waals surface area contributed by atoms with Crippen molar-refractivity contribution in [2.45, 2.75) is 59.0 Å². The lowest BCUT2D eigenvalue weighted by molar-refractivity contribution is -0.154. The summed E-state index contributed by atoms with van der Waals surface area (Å²) in [4.78, 5) is 27.4. The van der Waals surface area contributed by atoms with Crippen LogP contribution in [-0.2, 0) is 33.6 Å². The number of pyridine rings is 1. The van der Waals surface area contributed by atoms with Crippen LogP contribution in [0.1, 0.15) is 56.4 Å². The molecule has 2 rings (SSSR count). The Hall–Kier alpha value is -2.69. The lowest BCUT2D eigenvalue weighted by Crippen LogP contribution is -2.24. The fourth-order valence-electron chi connectivity index (χ4n) is 3.02. The maximum Gasteiger partial charge on any atom is 0.306 e. The van der Waals surface area contributed by atoms with E-state index < -0.39 is 17.5 Å². The number of nitrogens with zero attached hydrogens (tertiary/aromatic N) is 1. The molecule has 150 valence electrons. The van der Waals surface area contributed by atoms with E-state index in [2.05, 4.69) is 11.1 Å². The van der Waals surface area contributed by atoms with Gasteiger partial charge in [-0.1, -0.05) is 31.2 Å². The molecule has 0 saturated heterocycles. The zero-order valence-corrected chi connectivity index (χ0v) is 17.1. The number of benzene rings is 1. The Morgan fingerprint density at radius 3 is 2.39 bits per heavy atom. The van der Waals surface area contributed by atoms with Gasteiger partial charge in [0, 0.05) is 18.8 Å². The Morgan fingerprint density at radius 2 is 1.79 bits per heavy atom. The standard InChI is InChI=1S/C23H29NO4/c1-16(22(26)27)10-19-11-17(7-8-21(25)28-23(2,3)4)12-20(14-19)13-18-6-5-9-24-15-18/h5-6,9,11-12,14-16H,7-8,10,13H2,1-4H3,(H,26,27). The van der Waals surface area contributed by atoms with E-state index in [1.807, 2.05) is 51.2 Å². The SMILES string of the molecule is CC(Cc1cc(CCC(=O)OC(C)(C)C)cc(Cc2cccnc2)c1)C(=O)O. The number of ether oxygens (including phenoxy) is 1. The summed E-state index contributed by atoms with van der Waals surface area (Å²) in [5, 5.41) is 9.23. The molecule has 1 atom stereocenters. The minimum absolute atomic E-state index is 0.231. The number of rotatable bonds is 8. The third-order valence-corrected chi connectivity index (χ3v) is 4.24. The first-order valence-corrected chi connectivity index (χ1v) is 9.57. The van der Waals surface area contributed by atoms with Gasteiger partial charge in [-0.25, -0.2) is 0 Å². The van der Waals surface area contributed by atoms with Gasteiger partial charge in [0.2, 0.25) is 0 Å². The molecule has 1 heterocycles. The summed E-state index contributed by atoms with van der Waals surface area (Å²) in [6.45, 7) is 7.26. The number of carboxylic acid groups (broad SMARTS) is 1. The number of hydrogen-bond acceptors (Lipinski definition) is 4. The minimum atomic E-state index is -0.812. The van der Waals surface area contributed by atoms with E-state index in [9.17, 15) is 14.7 Å². The van der Waals surface area contributed by atoms with Crippen LogP contribution in [0, 0.1) is 5.92 Å². The van der Waals surface area contributed by atoms with Crippen LogP contribution in [-0.4, -0.2) is 27.6 Å². The van der Waals surface area contributed by atoms with Crippen LogP contribution < -0.4 is 0 Å². The third-order valence-electron chi connectivity index (χ3n) is 4.24. The average Bonchev–Trinajstić information content (AvgIpc) is 2.59. The third kappa shape index (κ3) is 7.51. The van der Waals surface area contributed by atoms with Gasteiger partial charge in [0.15, 0.2) is 0 Å². The molecule has 1 aromatic carbocycles. The molecule has 0 saturated carbocycles. The van der Waals surface area contributed by atoms with Crippen LogP contribution in [0.25, 0.3) is 0 Å². The molecular formula is C23H29NO4. The Morgan fingerprint density at radius 1 is 1.11 bits per heavy atom. The summed E-state index contributed by atoms with van der Waals surface area (Å²) in [6, 6.07) is 10.0. The average molecular weight is 383 g/mol. The first-order chi connectivity index (χ1) is 13.1. The summed E-state index contributed by atoms with van der Waals surface area (Å²) in [6.07, 6.45) is 5.58. The first-order valence-electron chi connectivity index (χ1n) is 9.57. The molecule has 0 amide bonds. The number of carbonyl (C=O) groups is 2. The zero-order valence-electron chi connectivity index (χ0n) is 17.1. The highest BCUT2D eigenvalue weighted by Gasteiger charge is 2.17. The van der Waals surface area contributed by atoms with Crippen LogP contribution in [0.4, 0.5) is 0 Å². The topological polar surface area (TPSA) is 76.5 Å². The summed E-state index contributed by atoms with van der Waals surface area (Å²) >= 11 is 0. The summed E-state index contributed by atoms with van der Waals surface area (Å²) in [5.74, 6) is -1.51. The number of carboxylic acids is 1. The van der Waals surface area contributed by atoms with Gasteiger partial charge in [0.05, 0.1) is 5.92 Å². The first kappa shape index (κ1) is 21.6. The Labute approximate surface area is 166 Å². The molecule has 5 nitrogen and oxygen atoms in total. The molecule has 1 unspecified atom stereocenters. The molecule has 0 radical (unpaired) electrons. The van der Waals surface area contributed by atoms with Crippen molar-refractivity contribution in [2.24, 2.45) is 5.92 Å². The molecule has 0 fully saturated rings. The van der Waals surface area contributed by atoms with Crippen molar-refractivity contribution in [1.29, 1.82) is 0 Å². The summed E-state index contributed by atoms with van der Waals surface area (Å²) < 4.78 is 5.39. The maximum atomic E-state index is 12.1. The smallest absolute Gasteiger partial charge is 0.306 e. The molecule has 0 aliphatic rings. The lowest BCUT2D eigenvalue weighted by Gasteiger charge is -2.19. The Bertz CT molecular complexity index is 809. The fraction of sp³-hybridized carbons (Fsp3) is 0.435. The second kappa shape index (κ2) is 9.49. The molecule has 5 heteroatoms. The van der Waals surface area contributed by atoms with Crippen LogP contribution in [0.15, 0.2) is 42.7 Å². The van der Waals surface area contributed by atoms with Crippen molar-refractivity contribution in [1.82, 2.24) is 4.98 Å². The molecular weight excluding hydrogens is 354 g/mol. The van der Waals surface area contributed by atoms with E-state index in [-0.39, 0.29) is 5.97 Å². The van der Waals surface area contributed by atoms with Crippen LogP contribution in [0.2, 0.25) is 0 Å². The number of aliphatic carboxylic acids is 1. The molecule has 28 heavy (non-hydrogen) atoms. The van der Waals surface area contributed by atoms with E-state index in [1.54, 1.807) is 13.1 Å². The van der Waals surface area contributed by atoms with E-state index in [1.165, 1.54) is 0 Å². The molecule has 0 bridgehead atoms. The zero-order chi connectivity index (χ0) is 20.7. The number of carbonyl (C=O) groups excluding carboxylic acids is 1. The molecule has 1 aromatic heterocycles. The van der Waals surface area contributed by atoms with Crippen molar-refractivity contribution in [2.75, 3.05) is 0 Å². The predicted octanol–water partition coefficient (Wildman–Crippen LogP) is 4.21. The number of aryl methyl sites for hydroxylation is 1. The van der Waals surface area contributed by atoms with Crippen molar-refractivity contribution < 1.29 is 19.4 Å². The molecule has 1 N–H and O–H groups in total. The maximum absolute atomic E-state index is 12.1. The summed E-state index contributed by atoms with van der Waals surface area (Å²) in [5.41, 5.74) is 3.66. The molecule has 2 aromatic rings. The van der Waals surface area contributed by atoms with Gasteiger partial charge >= 0.3 is 11.9 Å². The van der Waals surface area contributed by atoms with Crippen LogP contribution in [0.5, 0.6) is 0 Å².